The SMILES string of the molecule is C=CCOc1ccc(CNc2ccc(C)cc2Cl)cc1. The van der Waals surface area contributed by atoms with Gasteiger partial charge in [0.2, 0.25) is 0 Å². The summed E-state index contributed by atoms with van der Waals surface area (Å²) in [5.74, 6) is 0.849. The van der Waals surface area contributed by atoms with Gasteiger partial charge in [-0.25, -0.2) is 0 Å². The minimum atomic E-state index is 0.524. The Morgan fingerprint density at radius 1 is 1.20 bits per heavy atom. The molecule has 2 rings (SSSR count). The molecule has 0 heterocycles. The van der Waals surface area contributed by atoms with Gasteiger partial charge >= 0.3 is 0 Å². The minimum absolute atomic E-state index is 0.524. The van der Waals surface area contributed by atoms with Crippen LogP contribution in [-0.2, 0) is 6.54 Å². The van der Waals surface area contributed by atoms with Gasteiger partial charge in [0.05, 0.1) is 10.7 Å². The molecular formula is C17H18ClNO. The van der Waals surface area contributed by atoms with Gasteiger partial charge in [-0.05, 0) is 42.3 Å². The Morgan fingerprint density at radius 2 is 1.95 bits per heavy atom. The van der Waals surface area contributed by atoms with Crippen LogP contribution in [-0.4, -0.2) is 6.61 Å². The van der Waals surface area contributed by atoms with Crippen molar-refractivity contribution in [1.29, 1.82) is 0 Å². The molecule has 0 aliphatic rings. The fourth-order valence-electron chi connectivity index (χ4n) is 1.82. The lowest BCUT2D eigenvalue weighted by Gasteiger charge is -2.10. The topological polar surface area (TPSA) is 21.3 Å². The molecule has 0 aliphatic heterocycles. The molecule has 0 atom stereocenters. The number of ether oxygens (including phenoxy) is 1. The maximum absolute atomic E-state index is 6.19. The summed E-state index contributed by atoms with van der Waals surface area (Å²) >= 11 is 6.19. The molecule has 20 heavy (non-hydrogen) atoms. The van der Waals surface area contributed by atoms with Crippen LogP contribution in [0.2, 0.25) is 5.02 Å². The van der Waals surface area contributed by atoms with Gasteiger partial charge in [-0.1, -0.05) is 42.5 Å². The van der Waals surface area contributed by atoms with E-state index in [2.05, 4.69) is 11.9 Å². The van der Waals surface area contributed by atoms with Crippen molar-refractivity contribution < 1.29 is 4.74 Å². The van der Waals surface area contributed by atoms with E-state index < -0.39 is 0 Å². The fourth-order valence-corrected chi connectivity index (χ4v) is 2.12. The van der Waals surface area contributed by atoms with Crippen LogP contribution in [0.1, 0.15) is 11.1 Å². The predicted octanol–water partition coefficient (Wildman–Crippen LogP) is 4.83. The number of benzene rings is 2. The standard InChI is InChI=1S/C17H18ClNO/c1-3-10-20-15-7-5-14(6-8-15)12-19-17-9-4-13(2)11-16(17)18/h3-9,11,19H,1,10,12H2,2H3. The van der Waals surface area contributed by atoms with E-state index in [-0.39, 0.29) is 0 Å². The molecule has 2 nitrogen and oxygen atoms in total. The Morgan fingerprint density at radius 3 is 2.60 bits per heavy atom. The molecule has 2 aromatic rings. The number of aryl methyl sites for hydroxylation is 1. The lowest BCUT2D eigenvalue weighted by atomic mass is 10.2. The highest BCUT2D eigenvalue weighted by Crippen LogP contribution is 2.23. The van der Waals surface area contributed by atoms with E-state index in [4.69, 9.17) is 16.3 Å². The van der Waals surface area contributed by atoms with Gasteiger partial charge in [0, 0.05) is 6.54 Å². The molecular weight excluding hydrogens is 270 g/mol. The number of rotatable bonds is 6. The monoisotopic (exact) mass is 287 g/mol. The molecule has 0 aromatic heterocycles. The van der Waals surface area contributed by atoms with Crippen molar-refractivity contribution in [2.24, 2.45) is 0 Å². The smallest absolute Gasteiger partial charge is 0.119 e. The summed E-state index contributed by atoms with van der Waals surface area (Å²) in [4.78, 5) is 0. The van der Waals surface area contributed by atoms with Crippen molar-refractivity contribution in [1.82, 2.24) is 0 Å². The predicted molar refractivity (Wildman–Crippen MR) is 85.6 cm³/mol. The molecule has 104 valence electrons. The average Bonchev–Trinajstić information content (AvgIpc) is 2.45. The maximum Gasteiger partial charge on any atom is 0.119 e. The quantitative estimate of drug-likeness (QED) is 0.769. The highest BCUT2D eigenvalue weighted by molar-refractivity contribution is 6.33. The van der Waals surface area contributed by atoms with Crippen molar-refractivity contribution in [2.75, 3.05) is 11.9 Å². The summed E-state index contributed by atoms with van der Waals surface area (Å²) in [6, 6.07) is 14.0. The van der Waals surface area contributed by atoms with Crippen LogP contribution in [0.15, 0.2) is 55.1 Å². The zero-order chi connectivity index (χ0) is 14.4. The van der Waals surface area contributed by atoms with Crippen molar-refractivity contribution in [2.45, 2.75) is 13.5 Å². The highest BCUT2D eigenvalue weighted by Gasteiger charge is 2.00. The Bertz CT molecular complexity index is 578. The van der Waals surface area contributed by atoms with E-state index >= 15 is 0 Å². The second kappa shape index (κ2) is 7.01. The molecule has 0 amide bonds. The van der Waals surface area contributed by atoms with Gasteiger partial charge in [-0.15, -0.1) is 0 Å². The fraction of sp³-hybridized carbons (Fsp3) is 0.176. The van der Waals surface area contributed by atoms with Crippen molar-refractivity contribution in [3.8, 4) is 5.75 Å². The summed E-state index contributed by atoms with van der Waals surface area (Å²) in [6.07, 6.45) is 1.73. The van der Waals surface area contributed by atoms with Crippen molar-refractivity contribution >= 4 is 17.3 Å². The summed E-state index contributed by atoms with van der Waals surface area (Å²) in [5, 5.41) is 4.08. The summed E-state index contributed by atoms with van der Waals surface area (Å²) in [6.45, 7) is 6.90. The Hall–Kier alpha value is -1.93. The van der Waals surface area contributed by atoms with E-state index in [0.29, 0.717) is 6.61 Å². The van der Waals surface area contributed by atoms with Gasteiger partial charge in [0.1, 0.15) is 12.4 Å². The summed E-state index contributed by atoms with van der Waals surface area (Å²) in [5.41, 5.74) is 3.28. The van der Waals surface area contributed by atoms with Gasteiger partial charge in [0.15, 0.2) is 0 Å². The molecule has 0 spiro atoms. The Kier molecular flexibility index (Phi) is 5.08. The molecule has 0 unspecified atom stereocenters. The number of nitrogens with one attached hydrogen (secondary N) is 1. The van der Waals surface area contributed by atoms with Crippen molar-refractivity contribution in [3.05, 3.63) is 71.3 Å². The van der Waals surface area contributed by atoms with Crippen LogP contribution in [0.3, 0.4) is 0 Å². The van der Waals surface area contributed by atoms with E-state index in [0.717, 1.165) is 28.6 Å². The Balaban J connectivity index is 1.95. The number of anilines is 1. The number of hydrogen-bond acceptors (Lipinski definition) is 2. The van der Waals surface area contributed by atoms with Crippen LogP contribution in [0.4, 0.5) is 5.69 Å². The summed E-state index contributed by atoms with van der Waals surface area (Å²) < 4.78 is 5.45. The molecule has 0 aliphatic carbocycles. The van der Waals surface area contributed by atoms with Crippen LogP contribution >= 0.6 is 11.6 Å². The normalized spacial score (nSPS) is 10.1. The van der Waals surface area contributed by atoms with Gasteiger partial charge in [-0.2, -0.15) is 0 Å². The maximum atomic E-state index is 6.19. The number of hydrogen-bond donors (Lipinski definition) is 1. The molecule has 0 bridgehead atoms. The lowest BCUT2D eigenvalue weighted by Crippen LogP contribution is -2.00. The van der Waals surface area contributed by atoms with Crippen LogP contribution < -0.4 is 10.1 Å². The molecule has 0 radical (unpaired) electrons. The van der Waals surface area contributed by atoms with E-state index in [1.165, 1.54) is 5.56 Å². The first-order valence-corrected chi connectivity index (χ1v) is 6.89. The van der Waals surface area contributed by atoms with Crippen LogP contribution in [0, 0.1) is 6.92 Å². The third kappa shape index (κ3) is 4.04. The molecule has 0 fully saturated rings. The van der Waals surface area contributed by atoms with E-state index in [1.807, 2.05) is 49.4 Å². The van der Waals surface area contributed by atoms with Gasteiger partial charge < -0.3 is 10.1 Å². The molecule has 1 N–H and O–H groups in total. The first-order chi connectivity index (χ1) is 9.69. The number of halogens is 1. The van der Waals surface area contributed by atoms with E-state index in [9.17, 15) is 0 Å². The van der Waals surface area contributed by atoms with Crippen LogP contribution in [0.5, 0.6) is 5.75 Å². The first kappa shape index (κ1) is 14.5. The first-order valence-electron chi connectivity index (χ1n) is 6.51. The zero-order valence-electron chi connectivity index (χ0n) is 11.5. The third-order valence-corrected chi connectivity index (χ3v) is 3.21. The average molecular weight is 288 g/mol. The summed E-state index contributed by atoms with van der Waals surface area (Å²) in [7, 11) is 0. The molecule has 2 aromatic carbocycles. The third-order valence-electron chi connectivity index (χ3n) is 2.90. The Labute approximate surface area is 125 Å². The molecule has 3 heteroatoms. The molecule has 0 saturated heterocycles. The largest absolute Gasteiger partial charge is 0.490 e. The van der Waals surface area contributed by atoms with E-state index in [1.54, 1.807) is 6.08 Å². The second-order valence-corrected chi connectivity index (χ2v) is 4.99. The molecule has 0 saturated carbocycles. The van der Waals surface area contributed by atoms with Gasteiger partial charge in [-0.3, -0.25) is 0 Å². The lowest BCUT2D eigenvalue weighted by molar-refractivity contribution is 0.363. The highest BCUT2D eigenvalue weighted by atomic mass is 35.5. The van der Waals surface area contributed by atoms with Crippen molar-refractivity contribution in [3.63, 3.8) is 0 Å². The second-order valence-electron chi connectivity index (χ2n) is 4.58. The van der Waals surface area contributed by atoms with Crippen LogP contribution in [0.25, 0.3) is 0 Å². The van der Waals surface area contributed by atoms with Gasteiger partial charge in [0.25, 0.3) is 0 Å². The zero-order valence-corrected chi connectivity index (χ0v) is 12.3. The minimum Gasteiger partial charge on any atom is -0.490 e.